The van der Waals surface area contributed by atoms with E-state index in [1.807, 2.05) is 13.2 Å². The SMILES string of the molecule is CCSC(=S)n1c(N)nnc1SC. The molecular weight excluding hydrogens is 224 g/mol. The maximum absolute atomic E-state index is 5.62. The van der Waals surface area contributed by atoms with Crippen LogP contribution in [0, 0.1) is 0 Å². The highest BCUT2D eigenvalue weighted by molar-refractivity contribution is 8.23. The van der Waals surface area contributed by atoms with Gasteiger partial charge in [-0.25, -0.2) is 4.57 Å². The van der Waals surface area contributed by atoms with Crippen LogP contribution < -0.4 is 5.73 Å². The molecule has 0 aliphatic carbocycles. The van der Waals surface area contributed by atoms with Crippen molar-refractivity contribution >= 4 is 46.0 Å². The van der Waals surface area contributed by atoms with Crippen LogP contribution in [0.25, 0.3) is 0 Å². The average molecular weight is 234 g/mol. The molecule has 2 N–H and O–H groups in total. The van der Waals surface area contributed by atoms with Gasteiger partial charge in [-0.3, -0.25) is 0 Å². The van der Waals surface area contributed by atoms with E-state index in [0.717, 1.165) is 10.9 Å². The fraction of sp³-hybridized carbons (Fsp3) is 0.500. The first-order valence-corrected chi connectivity index (χ1v) is 6.24. The summed E-state index contributed by atoms with van der Waals surface area (Å²) in [5.74, 6) is 1.28. The monoisotopic (exact) mass is 234 g/mol. The Morgan fingerprint density at radius 3 is 2.85 bits per heavy atom. The first-order valence-electron chi connectivity index (χ1n) is 3.62. The van der Waals surface area contributed by atoms with Gasteiger partial charge < -0.3 is 5.73 Å². The van der Waals surface area contributed by atoms with Crippen molar-refractivity contribution in [1.82, 2.24) is 14.8 Å². The highest BCUT2D eigenvalue weighted by atomic mass is 32.2. The van der Waals surface area contributed by atoms with Gasteiger partial charge in [0.1, 0.15) is 4.32 Å². The fourth-order valence-corrected chi connectivity index (χ4v) is 2.47. The molecule has 0 aliphatic heterocycles. The van der Waals surface area contributed by atoms with Crippen molar-refractivity contribution in [1.29, 1.82) is 0 Å². The number of nitrogens with two attached hydrogens (primary N) is 1. The van der Waals surface area contributed by atoms with Crippen molar-refractivity contribution in [2.75, 3.05) is 17.7 Å². The molecule has 0 atom stereocenters. The van der Waals surface area contributed by atoms with Gasteiger partial charge in [0.2, 0.25) is 5.95 Å². The first-order chi connectivity index (χ1) is 6.20. The predicted molar refractivity (Wildman–Crippen MR) is 62.3 cm³/mol. The van der Waals surface area contributed by atoms with Crippen LogP contribution in [-0.4, -0.2) is 31.1 Å². The Kier molecular flexibility index (Phi) is 4.01. The van der Waals surface area contributed by atoms with E-state index >= 15 is 0 Å². The number of aromatic nitrogens is 3. The molecule has 0 aromatic carbocycles. The molecule has 0 bridgehead atoms. The van der Waals surface area contributed by atoms with Gasteiger partial charge in [0.25, 0.3) is 0 Å². The lowest BCUT2D eigenvalue weighted by molar-refractivity contribution is 0.937. The molecule has 0 unspecified atom stereocenters. The van der Waals surface area contributed by atoms with Crippen molar-refractivity contribution in [3.8, 4) is 0 Å². The fourth-order valence-electron chi connectivity index (χ4n) is 0.773. The Morgan fingerprint density at radius 2 is 2.31 bits per heavy atom. The summed E-state index contributed by atoms with van der Waals surface area (Å²) in [4.78, 5) is 0. The summed E-state index contributed by atoms with van der Waals surface area (Å²) in [6.45, 7) is 2.04. The van der Waals surface area contributed by atoms with Crippen LogP contribution in [0.1, 0.15) is 6.92 Å². The van der Waals surface area contributed by atoms with Crippen LogP contribution in [0.5, 0.6) is 0 Å². The number of hydrogen-bond donors (Lipinski definition) is 1. The molecule has 1 aromatic rings. The summed E-state index contributed by atoms with van der Waals surface area (Å²) in [5.41, 5.74) is 5.62. The van der Waals surface area contributed by atoms with Crippen molar-refractivity contribution in [3.05, 3.63) is 0 Å². The number of rotatable bonds is 2. The molecule has 13 heavy (non-hydrogen) atoms. The van der Waals surface area contributed by atoms with Crippen LogP contribution >= 0.6 is 35.7 Å². The van der Waals surface area contributed by atoms with Crippen LogP contribution in [0.3, 0.4) is 0 Å². The van der Waals surface area contributed by atoms with E-state index in [1.54, 1.807) is 16.3 Å². The summed E-state index contributed by atoms with van der Waals surface area (Å²) in [5, 5.41) is 8.39. The van der Waals surface area contributed by atoms with Gasteiger partial charge in [-0.15, -0.1) is 10.2 Å². The smallest absolute Gasteiger partial charge is 0.228 e. The molecule has 72 valence electrons. The summed E-state index contributed by atoms with van der Waals surface area (Å²) in [7, 11) is 0. The number of nitrogen functional groups attached to an aromatic ring is 1. The van der Waals surface area contributed by atoms with E-state index in [4.69, 9.17) is 18.0 Å². The highest BCUT2D eigenvalue weighted by Crippen LogP contribution is 2.19. The third-order valence-corrected chi connectivity index (χ3v) is 3.18. The standard InChI is InChI=1S/C6H10N4S3/c1-3-13-6(11)10-4(7)8-9-5(10)12-2/h3H2,1-2H3,(H2,7,8). The minimum absolute atomic E-state index is 0.357. The molecule has 1 rings (SSSR count). The molecule has 1 aromatic heterocycles. The van der Waals surface area contributed by atoms with Crippen LogP contribution in [-0.2, 0) is 0 Å². The van der Waals surface area contributed by atoms with Gasteiger partial charge in [-0.05, 0) is 12.0 Å². The van der Waals surface area contributed by atoms with Gasteiger partial charge in [0.15, 0.2) is 5.16 Å². The maximum atomic E-state index is 5.62. The Labute approximate surface area is 90.7 Å². The van der Waals surface area contributed by atoms with Gasteiger partial charge in [-0.2, -0.15) is 0 Å². The molecule has 0 spiro atoms. The van der Waals surface area contributed by atoms with Crippen molar-refractivity contribution < 1.29 is 0 Å². The lowest BCUT2D eigenvalue weighted by Gasteiger charge is -2.05. The Balaban J connectivity index is 2.96. The van der Waals surface area contributed by atoms with Gasteiger partial charge in [0, 0.05) is 0 Å². The Morgan fingerprint density at radius 1 is 1.62 bits per heavy atom. The van der Waals surface area contributed by atoms with Crippen LogP contribution in [0.15, 0.2) is 5.16 Å². The van der Waals surface area contributed by atoms with Gasteiger partial charge >= 0.3 is 0 Å². The molecule has 1 heterocycles. The number of thioether (sulfide) groups is 2. The van der Waals surface area contributed by atoms with Crippen LogP contribution in [0.4, 0.5) is 5.95 Å². The average Bonchev–Trinajstić information content (AvgIpc) is 2.47. The zero-order valence-electron chi connectivity index (χ0n) is 7.35. The van der Waals surface area contributed by atoms with Gasteiger partial charge in [-0.1, -0.05) is 42.7 Å². The minimum Gasteiger partial charge on any atom is -0.368 e. The molecule has 0 fully saturated rings. The lowest BCUT2D eigenvalue weighted by atomic mass is 11.0. The summed E-state index contributed by atoms with van der Waals surface area (Å²) in [6.07, 6.45) is 1.92. The Bertz CT molecular complexity index is 309. The minimum atomic E-state index is 0.357. The molecular formula is C6H10N4S3. The quantitative estimate of drug-likeness (QED) is 0.618. The summed E-state index contributed by atoms with van der Waals surface area (Å²) < 4.78 is 2.39. The first kappa shape index (κ1) is 10.8. The van der Waals surface area contributed by atoms with Crippen LogP contribution in [0.2, 0.25) is 0 Å². The molecule has 0 amide bonds. The zero-order valence-corrected chi connectivity index (χ0v) is 9.80. The number of nitrogens with zero attached hydrogens (tertiary/aromatic N) is 3. The van der Waals surface area contributed by atoms with E-state index in [9.17, 15) is 0 Å². The lowest BCUT2D eigenvalue weighted by Crippen LogP contribution is -2.10. The number of hydrogen-bond acceptors (Lipinski definition) is 6. The Hall–Kier alpha value is -0.270. The molecule has 0 saturated heterocycles. The van der Waals surface area contributed by atoms with E-state index in [0.29, 0.717) is 10.3 Å². The van der Waals surface area contributed by atoms with Crippen molar-refractivity contribution in [2.24, 2.45) is 0 Å². The van der Waals surface area contributed by atoms with E-state index in [-0.39, 0.29) is 0 Å². The van der Waals surface area contributed by atoms with E-state index < -0.39 is 0 Å². The van der Waals surface area contributed by atoms with Crippen molar-refractivity contribution in [3.63, 3.8) is 0 Å². The molecule has 0 saturated carbocycles. The summed E-state index contributed by atoms with van der Waals surface area (Å²) >= 11 is 8.20. The number of thiocarbonyl (C=S) groups is 1. The van der Waals surface area contributed by atoms with Gasteiger partial charge in [0.05, 0.1) is 0 Å². The largest absolute Gasteiger partial charge is 0.368 e. The topological polar surface area (TPSA) is 56.7 Å². The van der Waals surface area contributed by atoms with E-state index in [1.165, 1.54) is 11.8 Å². The predicted octanol–water partition coefficient (Wildman–Crippen LogP) is 1.47. The number of anilines is 1. The maximum Gasteiger partial charge on any atom is 0.228 e. The zero-order chi connectivity index (χ0) is 9.84. The molecule has 0 aliphatic rings. The molecule has 4 nitrogen and oxygen atoms in total. The second-order valence-electron chi connectivity index (χ2n) is 2.08. The highest BCUT2D eigenvalue weighted by Gasteiger charge is 2.12. The second-order valence-corrected chi connectivity index (χ2v) is 4.75. The summed E-state index contributed by atoms with van der Waals surface area (Å²) in [6, 6.07) is 0. The third kappa shape index (κ3) is 2.35. The third-order valence-electron chi connectivity index (χ3n) is 1.29. The molecule has 7 heteroatoms. The second kappa shape index (κ2) is 4.83. The van der Waals surface area contributed by atoms with E-state index in [2.05, 4.69) is 10.2 Å². The van der Waals surface area contributed by atoms with Crippen molar-refractivity contribution in [2.45, 2.75) is 12.1 Å². The molecule has 0 radical (unpaired) electrons. The normalized spacial score (nSPS) is 10.3.